The summed E-state index contributed by atoms with van der Waals surface area (Å²) in [6.45, 7) is 5.28. The summed E-state index contributed by atoms with van der Waals surface area (Å²) in [6, 6.07) is 0. The van der Waals surface area contributed by atoms with Crippen molar-refractivity contribution in [3.05, 3.63) is 6.33 Å². The zero-order chi connectivity index (χ0) is 10.8. The van der Waals surface area contributed by atoms with E-state index in [2.05, 4.69) is 15.5 Å². The molecule has 14 heavy (non-hydrogen) atoms. The minimum absolute atomic E-state index is 0.565. The van der Waals surface area contributed by atoms with E-state index in [4.69, 9.17) is 10.5 Å². The first kappa shape index (κ1) is 10.6. The third kappa shape index (κ3) is 2.77. The molecule has 7 heteroatoms. The van der Waals surface area contributed by atoms with Crippen LogP contribution in [-0.2, 0) is 9.53 Å². The van der Waals surface area contributed by atoms with Gasteiger partial charge in [-0.15, -0.1) is 5.10 Å². The van der Waals surface area contributed by atoms with E-state index in [0.29, 0.717) is 0 Å². The Balaban J connectivity index is 2.63. The lowest BCUT2D eigenvalue weighted by atomic mass is 10.2. The molecule has 0 saturated heterocycles. The van der Waals surface area contributed by atoms with E-state index in [9.17, 15) is 4.79 Å². The number of ether oxygens (including phenoxy) is 1. The average molecular weight is 199 g/mol. The second-order valence-corrected chi connectivity index (χ2v) is 3.77. The van der Waals surface area contributed by atoms with Crippen LogP contribution in [0.3, 0.4) is 0 Å². The molecule has 1 unspecified atom stereocenters. The Kier molecular flexibility index (Phi) is 2.80. The molecule has 0 aliphatic carbocycles. The number of carbonyl (C=O) groups excluding carboxylic acids is 1. The van der Waals surface area contributed by atoms with Crippen LogP contribution in [-0.4, -0.2) is 31.8 Å². The lowest BCUT2D eigenvalue weighted by Crippen LogP contribution is -2.35. The van der Waals surface area contributed by atoms with Crippen molar-refractivity contribution in [3.8, 4) is 0 Å². The van der Waals surface area contributed by atoms with Gasteiger partial charge in [-0.2, -0.15) is 0 Å². The summed E-state index contributed by atoms with van der Waals surface area (Å²) in [6.07, 6.45) is 0.262. The lowest BCUT2D eigenvalue weighted by molar-refractivity contribution is -0.159. The highest BCUT2D eigenvalue weighted by atomic mass is 16.6. The largest absolute Gasteiger partial charge is 0.457 e. The van der Waals surface area contributed by atoms with Gasteiger partial charge in [0.25, 0.3) is 0 Å². The highest BCUT2D eigenvalue weighted by Crippen LogP contribution is 2.10. The van der Waals surface area contributed by atoms with Crippen molar-refractivity contribution >= 4 is 5.97 Å². The molecule has 0 spiro atoms. The van der Waals surface area contributed by atoms with E-state index in [1.165, 1.54) is 6.33 Å². The predicted octanol–water partition coefficient (Wildman–Crippen LogP) is -0.528. The third-order valence-corrected chi connectivity index (χ3v) is 1.30. The van der Waals surface area contributed by atoms with Gasteiger partial charge in [0, 0.05) is 0 Å². The summed E-state index contributed by atoms with van der Waals surface area (Å²) in [5, 5.41) is 10.2. The summed E-state index contributed by atoms with van der Waals surface area (Å²) in [5.74, 6) is -0.565. The van der Waals surface area contributed by atoms with Crippen LogP contribution in [0.5, 0.6) is 0 Å². The molecular formula is C7H13N5O2. The molecular weight excluding hydrogens is 186 g/mol. The Hall–Kier alpha value is -1.50. The van der Waals surface area contributed by atoms with E-state index in [1.807, 2.05) is 0 Å². The van der Waals surface area contributed by atoms with Crippen LogP contribution in [0.2, 0.25) is 0 Å². The van der Waals surface area contributed by atoms with Gasteiger partial charge in [-0.25, -0.2) is 9.48 Å². The molecule has 1 aromatic heterocycles. The summed E-state index contributed by atoms with van der Waals surface area (Å²) in [7, 11) is 0. The van der Waals surface area contributed by atoms with Crippen molar-refractivity contribution in [3.63, 3.8) is 0 Å². The number of hydrogen-bond donors (Lipinski definition) is 1. The molecule has 1 heterocycles. The van der Waals surface area contributed by atoms with Crippen LogP contribution in [0.25, 0.3) is 0 Å². The lowest BCUT2D eigenvalue weighted by Gasteiger charge is -2.21. The summed E-state index contributed by atoms with van der Waals surface area (Å²) < 4.78 is 6.18. The molecule has 78 valence electrons. The second-order valence-electron chi connectivity index (χ2n) is 3.77. The predicted molar refractivity (Wildman–Crippen MR) is 46.9 cm³/mol. The molecule has 0 radical (unpaired) electrons. The number of esters is 1. The molecule has 0 aliphatic heterocycles. The molecule has 7 nitrogen and oxygen atoms in total. The summed E-state index contributed by atoms with van der Waals surface area (Å²) >= 11 is 0. The first-order chi connectivity index (χ1) is 6.40. The van der Waals surface area contributed by atoms with Crippen LogP contribution >= 0.6 is 0 Å². The first-order valence-electron chi connectivity index (χ1n) is 4.11. The zero-order valence-electron chi connectivity index (χ0n) is 8.34. The zero-order valence-corrected chi connectivity index (χ0v) is 8.34. The van der Waals surface area contributed by atoms with Gasteiger partial charge < -0.3 is 10.5 Å². The number of rotatable bonds is 2. The standard InChI is InChI=1S/C7H13N5O2/c1-7(2,3)14-6(13)5(8)12-4-9-10-11-12/h4-5H,8H2,1-3H3. The molecule has 2 N–H and O–H groups in total. The van der Waals surface area contributed by atoms with Crippen LogP contribution in [0.15, 0.2) is 6.33 Å². The number of aromatic nitrogens is 4. The van der Waals surface area contributed by atoms with Gasteiger partial charge in [-0.3, -0.25) is 0 Å². The van der Waals surface area contributed by atoms with Gasteiger partial charge >= 0.3 is 5.97 Å². The van der Waals surface area contributed by atoms with Crippen LogP contribution in [0.1, 0.15) is 26.9 Å². The number of hydrogen-bond acceptors (Lipinski definition) is 6. The maximum atomic E-state index is 11.4. The van der Waals surface area contributed by atoms with Crippen LogP contribution in [0, 0.1) is 0 Å². The number of nitrogens with zero attached hydrogens (tertiary/aromatic N) is 4. The first-order valence-corrected chi connectivity index (χ1v) is 4.11. The Morgan fingerprint density at radius 1 is 1.57 bits per heavy atom. The Morgan fingerprint density at radius 2 is 2.21 bits per heavy atom. The SMILES string of the molecule is CC(C)(C)OC(=O)C(N)n1cnnn1. The van der Waals surface area contributed by atoms with E-state index in [-0.39, 0.29) is 0 Å². The molecule has 0 amide bonds. The smallest absolute Gasteiger partial charge is 0.346 e. The number of carbonyl (C=O) groups is 1. The number of tetrazole rings is 1. The maximum Gasteiger partial charge on any atom is 0.346 e. The molecule has 1 rings (SSSR count). The number of nitrogens with two attached hydrogens (primary N) is 1. The fourth-order valence-corrected chi connectivity index (χ4v) is 0.766. The van der Waals surface area contributed by atoms with Crippen LogP contribution < -0.4 is 5.73 Å². The van der Waals surface area contributed by atoms with Gasteiger partial charge in [-0.05, 0) is 31.2 Å². The molecule has 0 bridgehead atoms. The molecule has 0 aliphatic rings. The van der Waals surface area contributed by atoms with Crippen molar-refractivity contribution in [1.82, 2.24) is 20.2 Å². The summed E-state index contributed by atoms with van der Waals surface area (Å²) in [5.41, 5.74) is 4.97. The second kappa shape index (κ2) is 3.70. The average Bonchev–Trinajstić information content (AvgIpc) is 2.51. The molecule has 0 fully saturated rings. The Bertz CT molecular complexity index is 302. The normalized spacial score (nSPS) is 13.7. The summed E-state index contributed by atoms with van der Waals surface area (Å²) in [4.78, 5) is 11.4. The molecule has 0 saturated carbocycles. The monoisotopic (exact) mass is 199 g/mol. The quantitative estimate of drug-likeness (QED) is 0.643. The van der Waals surface area contributed by atoms with Gasteiger partial charge in [0.15, 0.2) is 0 Å². The van der Waals surface area contributed by atoms with Gasteiger partial charge in [0.1, 0.15) is 11.9 Å². The maximum absolute atomic E-state index is 11.4. The fourth-order valence-electron chi connectivity index (χ4n) is 0.766. The van der Waals surface area contributed by atoms with Crippen molar-refractivity contribution in [2.45, 2.75) is 32.5 Å². The molecule has 0 aromatic carbocycles. The van der Waals surface area contributed by atoms with Crippen LogP contribution in [0.4, 0.5) is 0 Å². The van der Waals surface area contributed by atoms with Crippen molar-refractivity contribution < 1.29 is 9.53 Å². The van der Waals surface area contributed by atoms with Crippen molar-refractivity contribution in [1.29, 1.82) is 0 Å². The van der Waals surface area contributed by atoms with Gasteiger partial charge in [-0.1, -0.05) is 0 Å². The van der Waals surface area contributed by atoms with Gasteiger partial charge in [0.05, 0.1) is 0 Å². The van der Waals surface area contributed by atoms with E-state index in [0.717, 1.165) is 4.68 Å². The van der Waals surface area contributed by atoms with Crippen molar-refractivity contribution in [2.24, 2.45) is 5.73 Å². The third-order valence-electron chi connectivity index (χ3n) is 1.30. The topological polar surface area (TPSA) is 95.9 Å². The molecule has 1 aromatic rings. The Labute approximate surface area is 81.2 Å². The minimum atomic E-state index is -0.996. The van der Waals surface area contributed by atoms with E-state index >= 15 is 0 Å². The Morgan fingerprint density at radius 3 is 2.64 bits per heavy atom. The van der Waals surface area contributed by atoms with E-state index < -0.39 is 17.7 Å². The van der Waals surface area contributed by atoms with E-state index in [1.54, 1.807) is 20.8 Å². The van der Waals surface area contributed by atoms with Crippen molar-refractivity contribution in [2.75, 3.05) is 0 Å². The van der Waals surface area contributed by atoms with Gasteiger partial charge in [0.2, 0.25) is 6.17 Å². The highest BCUT2D eigenvalue weighted by molar-refractivity contribution is 5.73. The molecule has 1 atom stereocenters. The minimum Gasteiger partial charge on any atom is -0.457 e. The fraction of sp³-hybridized carbons (Fsp3) is 0.714. The highest BCUT2D eigenvalue weighted by Gasteiger charge is 2.23.